The third-order valence-corrected chi connectivity index (χ3v) is 5.12. The highest BCUT2D eigenvalue weighted by Crippen LogP contribution is 2.25. The van der Waals surface area contributed by atoms with E-state index in [1.54, 1.807) is 0 Å². The Kier molecular flexibility index (Phi) is 2.81. The SMILES string of the molecule is NCC1CCCN1C1CCS(=O)(=O)C1. The fourth-order valence-corrected chi connectivity index (χ4v) is 4.37. The van der Waals surface area contributed by atoms with Crippen molar-refractivity contribution >= 4 is 9.84 Å². The van der Waals surface area contributed by atoms with Gasteiger partial charge in [-0.2, -0.15) is 0 Å². The van der Waals surface area contributed by atoms with E-state index in [-0.39, 0.29) is 6.04 Å². The van der Waals surface area contributed by atoms with Gasteiger partial charge in [-0.25, -0.2) is 8.42 Å². The largest absolute Gasteiger partial charge is 0.329 e. The smallest absolute Gasteiger partial charge is 0.151 e. The fourth-order valence-electron chi connectivity index (χ4n) is 2.63. The van der Waals surface area contributed by atoms with E-state index in [1.807, 2.05) is 0 Å². The Bertz CT molecular complexity index is 302. The molecule has 2 unspecified atom stereocenters. The molecule has 2 aliphatic rings. The topological polar surface area (TPSA) is 63.4 Å². The Labute approximate surface area is 85.4 Å². The number of nitrogens with two attached hydrogens (primary N) is 1. The van der Waals surface area contributed by atoms with Crippen molar-refractivity contribution in [1.82, 2.24) is 4.90 Å². The van der Waals surface area contributed by atoms with Crippen LogP contribution in [-0.4, -0.2) is 50.0 Å². The molecule has 0 aromatic rings. The van der Waals surface area contributed by atoms with Crippen LogP contribution in [0.2, 0.25) is 0 Å². The van der Waals surface area contributed by atoms with E-state index < -0.39 is 9.84 Å². The van der Waals surface area contributed by atoms with Crippen LogP contribution in [0, 0.1) is 0 Å². The van der Waals surface area contributed by atoms with E-state index in [0.29, 0.717) is 24.1 Å². The zero-order chi connectivity index (χ0) is 10.2. The maximum atomic E-state index is 11.3. The lowest BCUT2D eigenvalue weighted by Gasteiger charge is -2.28. The van der Waals surface area contributed by atoms with Gasteiger partial charge in [0.2, 0.25) is 0 Å². The quantitative estimate of drug-likeness (QED) is 0.685. The predicted octanol–water partition coefficient (Wildman–Crippen LogP) is -0.403. The van der Waals surface area contributed by atoms with Gasteiger partial charge in [0.25, 0.3) is 0 Å². The van der Waals surface area contributed by atoms with Crippen molar-refractivity contribution in [3.63, 3.8) is 0 Å². The normalized spacial score (nSPS) is 37.8. The lowest BCUT2D eigenvalue weighted by Crippen LogP contribution is -2.43. The van der Waals surface area contributed by atoms with E-state index in [4.69, 9.17) is 5.73 Å². The molecule has 0 radical (unpaired) electrons. The van der Waals surface area contributed by atoms with Gasteiger partial charge in [-0.15, -0.1) is 0 Å². The molecule has 2 N–H and O–H groups in total. The summed E-state index contributed by atoms with van der Waals surface area (Å²) in [6.07, 6.45) is 3.10. The van der Waals surface area contributed by atoms with Gasteiger partial charge in [-0.1, -0.05) is 0 Å². The van der Waals surface area contributed by atoms with Crippen molar-refractivity contribution in [2.45, 2.75) is 31.3 Å². The van der Waals surface area contributed by atoms with E-state index in [9.17, 15) is 8.42 Å². The molecule has 2 rings (SSSR count). The first-order chi connectivity index (χ1) is 6.62. The molecule has 0 bridgehead atoms. The number of nitrogens with zero attached hydrogens (tertiary/aromatic N) is 1. The van der Waals surface area contributed by atoms with Gasteiger partial charge in [-0.3, -0.25) is 4.90 Å². The van der Waals surface area contributed by atoms with E-state index in [1.165, 1.54) is 6.42 Å². The maximum Gasteiger partial charge on any atom is 0.151 e. The number of hydrogen-bond acceptors (Lipinski definition) is 4. The summed E-state index contributed by atoms with van der Waals surface area (Å²) in [6, 6.07) is 0.671. The van der Waals surface area contributed by atoms with Crippen molar-refractivity contribution in [3.8, 4) is 0 Å². The molecule has 2 saturated heterocycles. The van der Waals surface area contributed by atoms with Crippen LogP contribution >= 0.6 is 0 Å². The highest BCUT2D eigenvalue weighted by Gasteiger charge is 2.36. The van der Waals surface area contributed by atoms with Crippen LogP contribution in [0.3, 0.4) is 0 Å². The monoisotopic (exact) mass is 218 g/mol. The average molecular weight is 218 g/mol. The molecule has 2 heterocycles. The van der Waals surface area contributed by atoms with Gasteiger partial charge < -0.3 is 5.73 Å². The van der Waals surface area contributed by atoms with Crippen LogP contribution in [0.4, 0.5) is 0 Å². The molecule has 2 atom stereocenters. The Morgan fingerprint density at radius 2 is 2.14 bits per heavy atom. The third-order valence-electron chi connectivity index (χ3n) is 3.37. The molecule has 82 valence electrons. The summed E-state index contributed by atoms with van der Waals surface area (Å²) in [4.78, 5) is 2.31. The first-order valence-corrected chi connectivity index (χ1v) is 7.11. The first kappa shape index (κ1) is 10.4. The van der Waals surface area contributed by atoms with Crippen LogP contribution in [0.1, 0.15) is 19.3 Å². The van der Waals surface area contributed by atoms with E-state index >= 15 is 0 Å². The van der Waals surface area contributed by atoms with Gasteiger partial charge in [0, 0.05) is 18.6 Å². The van der Waals surface area contributed by atoms with E-state index in [2.05, 4.69) is 4.90 Å². The van der Waals surface area contributed by atoms with Crippen LogP contribution in [0.25, 0.3) is 0 Å². The standard InChI is InChI=1S/C9H18N2O2S/c10-6-8-2-1-4-11(8)9-3-5-14(12,13)7-9/h8-9H,1-7,10H2. The average Bonchev–Trinajstić information content (AvgIpc) is 2.70. The molecule has 0 spiro atoms. The number of likely N-dealkylation sites (tertiary alicyclic amines) is 1. The molecule has 5 heteroatoms. The minimum Gasteiger partial charge on any atom is -0.329 e. The third kappa shape index (κ3) is 1.94. The van der Waals surface area contributed by atoms with Crippen molar-refractivity contribution in [2.75, 3.05) is 24.6 Å². The van der Waals surface area contributed by atoms with Gasteiger partial charge in [0.15, 0.2) is 9.84 Å². The zero-order valence-electron chi connectivity index (χ0n) is 8.35. The molecule has 0 aromatic heterocycles. The lowest BCUT2D eigenvalue weighted by molar-refractivity contribution is 0.199. The van der Waals surface area contributed by atoms with Crippen molar-refractivity contribution in [1.29, 1.82) is 0 Å². The van der Waals surface area contributed by atoms with Crippen LogP contribution in [-0.2, 0) is 9.84 Å². The van der Waals surface area contributed by atoms with Crippen LogP contribution < -0.4 is 5.73 Å². The molecular weight excluding hydrogens is 200 g/mol. The summed E-state index contributed by atoms with van der Waals surface area (Å²) in [6.45, 7) is 1.69. The van der Waals surface area contributed by atoms with Crippen LogP contribution in [0.5, 0.6) is 0 Å². The minimum absolute atomic E-state index is 0.246. The summed E-state index contributed by atoms with van der Waals surface area (Å²) in [7, 11) is -2.75. The number of sulfone groups is 1. The second kappa shape index (κ2) is 3.79. The molecule has 4 nitrogen and oxygen atoms in total. The molecule has 14 heavy (non-hydrogen) atoms. The molecule has 0 saturated carbocycles. The Balaban J connectivity index is 2.02. The molecular formula is C9H18N2O2S. The Hall–Kier alpha value is -0.130. The summed E-state index contributed by atoms with van der Waals surface area (Å²) in [5, 5.41) is 0. The second-order valence-corrected chi connectivity index (χ2v) is 6.56. The summed E-state index contributed by atoms with van der Waals surface area (Å²) in [5.74, 6) is 0.717. The van der Waals surface area contributed by atoms with Gasteiger partial charge in [-0.05, 0) is 25.8 Å². The van der Waals surface area contributed by atoms with Gasteiger partial charge in [0.05, 0.1) is 11.5 Å². The lowest BCUT2D eigenvalue weighted by atomic mass is 10.1. The highest BCUT2D eigenvalue weighted by molar-refractivity contribution is 7.91. The molecule has 0 amide bonds. The van der Waals surface area contributed by atoms with Crippen molar-refractivity contribution < 1.29 is 8.42 Å². The fraction of sp³-hybridized carbons (Fsp3) is 1.00. The highest BCUT2D eigenvalue weighted by atomic mass is 32.2. The second-order valence-electron chi connectivity index (χ2n) is 4.33. The van der Waals surface area contributed by atoms with Crippen molar-refractivity contribution in [3.05, 3.63) is 0 Å². The summed E-state index contributed by atoms with van der Waals surface area (Å²) < 4.78 is 22.7. The Morgan fingerprint density at radius 1 is 1.36 bits per heavy atom. The maximum absolute atomic E-state index is 11.3. The molecule has 0 aliphatic carbocycles. The number of rotatable bonds is 2. The van der Waals surface area contributed by atoms with Crippen LogP contribution in [0.15, 0.2) is 0 Å². The summed E-state index contributed by atoms with van der Waals surface area (Å²) >= 11 is 0. The summed E-state index contributed by atoms with van der Waals surface area (Å²) in [5.41, 5.74) is 5.67. The van der Waals surface area contributed by atoms with Gasteiger partial charge in [0.1, 0.15) is 0 Å². The zero-order valence-corrected chi connectivity index (χ0v) is 9.17. The predicted molar refractivity (Wildman–Crippen MR) is 55.8 cm³/mol. The molecule has 2 aliphatic heterocycles. The van der Waals surface area contributed by atoms with Gasteiger partial charge >= 0.3 is 0 Å². The number of hydrogen-bond donors (Lipinski definition) is 1. The Morgan fingerprint density at radius 3 is 2.71 bits per heavy atom. The first-order valence-electron chi connectivity index (χ1n) is 5.28. The molecule has 2 fully saturated rings. The molecule has 0 aromatic carbocycles. The minimum atomic E-state index is -2.75. The van der Waals surface area contributed by atoms with E-state index in [0.717, 1.165) is 19.4 Å². The van der Waals surface area contributed by atoms with Crippen molar-refractivity contribution in [2.24, 2.45) is 5.73 Å².